The fourth-order valence-electron chi connectivity index (χ4n) is 1.88. The van der Waals surface area contributed by atoms with Crippen molar-refractivity contribution in [1.29, 1.82) is 5.26 Å². The van der Waals surface area contributed by atoms with Crippen molar-refractivity contribution in [2.75, 3.05) is 37.2 Å². The van der Waals surface area contributed by atoms with Crippen molar-refractivity contribution < 1.29 is 0 Å². The summed E-state index contributed by atoms with van der Waals surface area (Å²) in [5, 5.41) is 12.2. The summed E-state index contributed by atoms with van der Waals surface area (Å²) in [6.45, 7) is 8.47. The molecule has 0 aliphatic heterocycles. The zero-order valence-electron chi connectivity index (χ0n) is 11.2. The first-order valence-electron chi connectivity index (χ1n) is 6.47. The highest BCUT2D eigenvalue weighted by Crippen LogP contribution is 2.21. The summed E-state index contributed by atoms with van der Waals surface area (Å²) in [4.78, 5) is 2.39. The molecule has 4 nitrogen and oxygen atoms in total. The van der Waals surface area contributed by atoms with Crippen LogP contribution in [-0.2, 0) is 0 Å². The van der Waals surface area contributed by atoms with Crippen LogP contribution in [0.5, 0.6) is 0 Å². The maximum Gasteiger partial charge on any atom is 0.101 e. The molecule has 18 heavy (non-hydrogen) atoms. The van der Waals surface area contributed by atoms with E-state index in [-0.39, 0.29) is 0 Å². The Bertz CT molecular complexity index is 405. The van der Waals surface area contributed by atoms with E-state index in [2.05, 4.69) is 30.1 Å². The van der Waals surface area contributed by atoms with Crippen LogP contribution in [0.25, 0.3) is 0 Å². The van der Waals surface area contributed by atoms with Crippen LogP contribution in [0.1, 0.15) is 25.8 Å². The Labute approximate surface area is 109 Å². The summed E-state index contributed by atoms with van der Waals surface area (Å²) in [5.41, 5.74) is 7.82. The molecule has 0 bridgehead atoms. The molecule has 0 aliphatic rings. The van der Waals surface area contributed by atoms with Gasteiger partial charge in [-0.05, 0) is 38.2 Å². The molecule has 1 rings (SSSR count). The number of rotatable bonds is 7. The van der Waals surface area contributed by atoms with Crippen LogP contribution in [0.15, 0.2) is 18.2 Å². The molecular weight excluding hydrogens is 224 g/mol. The number of benzene rings is 1. The summed E-state index contributed by atoms with van der Waals surface area (Å²) in [6.07, 6.45) is 1.07. The summed E-state index contributed by atoms with van der Waals surface area (Å²) in [6, 6.07) is 7.58. The Hall–Kier alpha value is -1.73. The lowest BCUT2D eigenvalue weighted by molar-refractivity contribution is 0.303. The molecule has 0 radical (unpaired) electrons. The quantitative estimate of drug-likeness (QED) is 0.572. The Kier molecular flexibility index (Phi) is 6.03. The van der Waals surface area contributed by atoms with Crippen LogP contribution in [0.2, 0.25) is 0 Å². The molecule has 0 fully saturated rings. The molecule has 0 heterocycles. The summed E-state index contributed by atoms with van der Waals surface area (Å²) < 4.78 is 0. The van der Waals surface area contributed by atoms with Gasteiger partial charge in [0, 0.05) is 6.54 Å². The predicted molar refractivity (Wildman–Crippen MR) is 76.5 cm³/mol. The average Bonchev–Trinajstić information content (AvgIpc) is 2.40. The number of anilines is 2. The minimum Gasteiger partial charge on any atom is -0.396 e. The van der Waals surface area contributed by atoms with Crippen LogP contribution < -0.4 is 11.1 Å². The molecule has 4 heteroatoms. The molecule has 1 aromatic carbocycles. The second-order valence-corrected chi connectivity index (χ2v) is 4.19. The molecule has 98 valence electrons. The zero-order chi connectivity index (χ0) is 13.4. The lowest BCUT2D eigenvalue weighted by Gasteiger charge is -2.18. The highest BCUT2D eigenvalue weighted by atomic mass is 15.1. The number of nitrogens with zero attached hydrogens (tertiary/aromatic N) is 2. The Morgan fingerprint density at radius 3 is 2.67 bits per heavy atom. The van der Waals surface area contributed by atoms with Gasteiger partial charge in [-0.15, -0.1) is 0 Å². The monoisotopic (exact) mass is 246 g/mol. The highest BCUT2D eigenvalue weighted by Gasteiger charge is 2.03. The Balaban J connectivity index is 2.43. The average molecular weight is 246 g/mol. The number of hydrogen-bond donors (Lipinski definition) is 2. The highest BCUT2D eigenvalue weighted by molar-refractivity contribution is 5.72. The third-order valence-corrected chi connectivity index (χ3v) is 3.09. The number of nitrogens with two attached hydrogens (primary N) is 1. The lowest BCUT2D eigenvalue weighted by Crippen LogP contribution is -2.25. The number of nitrogens with one attached hydrogen (secondary N) is 1. The molecule has 0 aromatic heterocycles. The van der Waals surface area contributed by atoms with Crippen molar-refractivity contribution in [3.63, 3.8) is 0 Å². The van der Waals surface area contributed by atoms with Gasteiger partial charge in [0.05, 0.1) is 16.9 Å². The lowest BCUT2D eigenvalue weighted by atomic mass is 10.1. The molecule has 0 atom stereocenters. The second kappa shape index (κ2) is 7.57. The summed E-state index contributed by atoms with van der Waals surface area (Å²) in [5.74, 6) is 0. The number of para-hydroxylation sites is 1. The normalized spacial score (nSPS) is 10.3. The summed E-state index contributed by atoms with van der Waals surface area (Å²) >= 11 is 0. The van der Waals surface area contributed by atoms with Crippen LogP contribution in [0, 0.1) is 11.3 Å². The van der Waals surface area contributed by atoms with E-state index in [0.29, 0.717) is 11.3 Å². The van der Waals surface area contributed by atoms with E-state index < -0.39 is 0 Å². The molecule has 0 aliphatic carbocycles. The van der Waals surface area contributed by atoms with Crippen molar-refractivity contribution in [3.05, 3.63) is 23.8 Å². The summed E-state index contributed by atoms with van der Waals surface area (Å²) in [7, 11) is 0. The molecule has 1 aromatic rings. The molecular formula is C14H22N4. The Morgan fingerprint density at radius 2 is 2.06 bits per heavy atom. The maximum atomic E-state index is 8.89. The van der Waals surface area contributed by atoms with E-state index in [9.17, 15) is 0 Å². The van der Waals surface area contributed by atoms with Gasteiger partial charge in [0.25, 0.3) is 0 Å². The minimum absolute atomic E-state index is 0.531. The number of nitriles is 1. The van der Waals surface area contributed by atoms with Gasteiger partial charge < -0.3 is 16.0 Å². The standard InChI is InChI=1S/C14H22N4/c1-3-18(4-2)10-6-9-17-13-8-5-7-12(11-15)14(13)16/h5,7-8,17H,3-4,6,9-10,16H2,1-2H3. The molecule has 0 amide bonds. The third-order valence-electron chi connectivity index (χ3n) is 3.09. The van der Waals surface area contributed by atoms with Crippen LogP contribution >= 0.6 is 0 Å². The van der Waals surface area contributed by atoms with E-state index in [4.69, 9.17) is 11.0 Å². The van der Waals surface area contributed by atoms with Crippen LogP contribution in [0.3, 0.4) is 0 Å². The van der Waals surface area contributed by atoms with E-state index in [0.717, 1.165) is 38.3 Å². The maximum absolute atomic E-state index is 8.89. The van der Waals surface area contributed by atoms with Gasteiger partial charge in [-0.1, -0.05) is 19.9 Å². The van der Waals surface area contributed by atoms with Gasteiger partial charge in [-0.2, -0.15) is 5.26 Å². The van der Waals surface area contributed by atoms with Gasteiger partial charge in [0.2, 0.25) is 0 Å². The zero-order valence-corrected chi connectivity index (χ0v) is 11.2. The van der Waals surface area contributed by atoms with Crippen molar-refractivity contribution in [3.8, 4) is 6.07 Å². The molecule has 0 unspecified atom stereocenters. The van der Waals surface area contributed by atoms with Crippen LogP contribution in [-0.4, -0.2) is 31.1 Å². The molecule has 0 saturated heterocycles. The van der Waals surface area contributed by atoms with Gasteiger partial charge in [-0.3, -0.25) is 0 Å². The van der Waals surface area contributed by atoms with Crippen molar-refractivity contribution in [2.45, 2.75) is 20.3 Å². The predicted octanol–water partition coefficient (Wildman–Crippen LogP) is 2.28. The van der Waals surface area contributed by atoms with Gasteiger partial charge in [0.15, 0.2) is 0 Å². The minimum atomic E-state index is 0.531. The second-order valence-electron chi connectivity index (χ2n) is 4.19. The van der Waals surface area contributed by atoms with Gasteiger partial charge in [-0.25, -0.2) is 0 Å². The SMILES string of the molecule is CCN(CC)CCCNc1cccc(C#N)c1N. The van der Waals surface area contributed by atoms with Crippen molar-refractivity contribution in [1.82, 2.24) is 4.90 Å². The van der Waals surface area contributed by atoms with E-state index in [1.54, 1.807) is 6.07 Å². The first-order valence-corrected chi connectivity index (χ1v) is 6.47. The number of nitrogen functional groups attached to an aromatic ring is 1. The first-order chi connectivity index (χ1) is 8.72. The number of hydrogen-bond acceptors (Lipinski definition) is 4. The first kappa shape index (κ1) is 14.3. The van der Waals surface area contributed by atoms with Crippen molar-refractivity contribution >= 4 is 11.4 Å². The van der Waals surface area contributed by atoms with Gasteiger partial charge in [0.1, 0.15) is 6.07 Å². The smallest absolute Gasteiger partial charge is 0.101 e. The molecule has 0 saturated carbocycles. The van der Waals surface area contributed by atoms with Gasteiger partial charge >= 0.3 is 0 Å². The van der Waals surface area contributed by atoms with E-state index in [1.807, 2.05) is 12.1 Å². The molecule has 0 spiro atoms. The fourth-order valence-corrected chi connectivity index (χ4v) is 1.88. The third kappa shape index (κ3) is 3.94. The fraction of sp³-hybridized carbons (Fsp3) is 0.500. The largest absolute Gasteiger partial charge is 0.396 e. The van der Waals surface area contributed by atoms with E-state index >= 15 is 0 Å². The molecule has 3 N–H and O–H groups in total. The van der Waals surface area contributed by atoms with E-state index in [1.165, 1.54) is 0 Å². The topological polar surface area (TPSA) is 65.1 Å². The van der Waals surface area contributed by atoms with Crippen LogP contribution in [0.4, 0.5) is 11.4 Å². The van der Waals surface area contributed by atoms with Crippen molar-refractivity contribution in [2.24, 2.45) is 0 Å². The Morgan fingerprint density at radius 1 is 1.33 bits per heavy atom.